The lowest BCUT2D eigenvalue weighted by Gasteiger charge is -2.38. The number of carbonyl (C=O) groups is 1. The number of nitrogens with zero attached hydrogens (tertiary/aromatic N) is 1. The minimum absolute atomic E-state index is 0.0857. The van der Waals surface area contributed by atoms with Gasteiger partial charge in [0.2, 0.25) is 0 Å². The van der Waals surface area contributed by atoms with Crippen LogP contribution in [0.1, 0.15) is 52.4 Å². The van der Waals surface area contributed by atoms with Crippen LogP contribution >= 0.6 is 11.8 Å². The Labute approximate surface area is 120 Å². The molecule has 19 heavy (non-hydrogen) atoms. The Morgan fingerprint density at radius 1 is 1.21 bits per heavy atom. The number of carbonyl (C=O) groups excluding carboxylic acids is 1. The maximum atomic E-state index is 12.3. The smallest absolute Gasteiger partial charge is 0.410 e. The molecule has 0 saturated carbocycles. The largest absolute Gasteiger partial charge is 0.443 e. The molecule has 0 aromatic carbocycles. The highest BCUT2D eigenvalue weighted by Gasteiger charge is 2.49. The molecular formula is C15H25NO2S. The third kappa shape index (κ3) is 2.74. The van der Waals surface area contributed by atoms with Gasteiger partial charge in [-0.2, -0.15) is 11.8 Å². The minimum Gasteiger partial charge on any atom is -0.443 e. The first-order chi connectivity index (χ1) is 9.06. The Morgan fingerprint density at radius 2 is 1.95 bits per heavy atom. The summed E-state index contributed by atoms with van der Waals surface area (Å²) in [7, 11) is 0. The van der Waals surface area contributed by atoms with Gasteiger partial charge in [0.1, 0.15) is 5.60 Å². The average Bonchev–Trinajstić information content (AvgIpc) is 3.02. The van der Waals surface area contributed by atoms with E-state index in [0.717, 1.165) is 31.2 Å². The van der Waals surface area contributed by atoms with Gasteiger partial charge in [0.05, 0.1) is 0 Å². The Balaban J connectivity index is 1.59. The summed E-state index contributed by atoms with van der Waals surface area (Å²) in [6.45, 7) is 5.97. The molecule has 0 N–H and O–H groups in total. The zero-order valence-corrected chi connectivity index (χ0v) is 12.9. The zero-order chi connectivity index (χ0) is 13.5. The lowest BCUT2D eigenvalue weighted by atomic mass is 9.79. The van der Waals surface area contributed by atoms with Crippen molar-refractivity contribution in [2.75, 3.05) is 13.1 Å². The summed E-state index contributed by atoms with van der Waals surface area (Å²) in [4.78, 5) is 14.2. The first kappa shape index (κ1) is 13.6. The monoisotopic (exact) mass is 283 g/mol. The molecule has 0 aromatic heterocycles. The van der Waals surface area contributed by atoms with E-state index in [-0.39, 0.29) is 11.7 Å². The number of piperidine rings is 1. The molecule has 0 aliphatic carbocycles. The molecule has 2 bridgehead atoms. The number of rotatable bonds is 2. The highest BCUT2D eigenvalue weighted by atomic mass is 32.2. The molecule has 0 spiro atoms. The Morgan fingerprint density at radius 3 is 2.53 bits per heavy atom. The van der Waals surface area contributed by atoms with E-state index in [4.69, 9.17) is 4.74 Å². The second-order valence-corrected chi connectivity index (χ2v) is 8.28. The van der Waals surface area contributed by atoms with Crippen LogP contribution in [0.3, 0.4) is 0 Å². The van der Waals surface area contributed by atoms with Crippen LogP contribution in [0.5, 0.6) is 0 Å². The number of likely N-dealkylation sites (tertiary alicyclic amines) is 1. The van der Waals surface area contributed by atoms with Crippen LogP contribution in [0.25, 0.3) is 0 Å². The van der Waals surface area contributed by atoms with Gasteiger partial charge in [0.25, 0.3) is 0 Å². The van der Waals surface area contributed by atoms with E-state index in [1.54, 1.807) is 0 Å². The van der Waals surface area contributed by atoms with Gasteiger partial charge in [-0.15, -0.1) is 0 Å². The van der Waals surface area contributed by atoms with Crippen LogP contribution in [0.2, 0.25) is 0 Å². The van der Waals surface area contributed by atoms with Gasteiger partial charge >= 0.3 is 6.09 Å². The molecule has 0 aromatic rings. The van der Waals surface area contributed by atoms with Crippen molar-refractivity contribution in [3.05, 3.63) is 0 Å². The van der Waals surface area contributed by atoms with E-state index < -0.39 is 0 Å². The third-order valence-electron chi connectivity index (χ3n) is 4.96. The number of thioether (sulfide) groups is 1. The first-order valence-electron chi connectivity index (χ1n) is 7.69. The Hall–Kier alpha value is -0.380. The van der Waals surface area contributed by atoms with Crippen molar-refractivity contribution in [1.82, 2.24) is 4.90 Å². The standard InChI is InChI=1S/C15H25NO2S/c1-15(2,12-10-11-6-7-13(12)19-11)18-14(17)16-8-4-3-5-9-16/h11-13H,3-10H2,1-2H3. The number of fused-ring (bicyclic) bond motifs is 2. The molecule has 1 amide bonds. The lowest BCUT2D eigenvalue weighted by Crippen LogP contribution is -2.46. The normalized spacial score (nSPS) is 34.6. The van der Waals surface area contributed by atoms with Gasteiger partial charge in [-0.3, -0.25) is 0 Å². The Kier molecular flexibility index (Phi) is 3.71. The van der Waals surface area contributed by atoms with E-state index >= 15 is 0 Å². The van der Waals surface area contributed by atoms with Crippen molar-refractivity contribution in [2.24, 2.45) is 5.92 Å². The maximum Gasteiger partial charge on any atom is 0.410 e. The number of hydrogen-bond donors (Lipinski definition) is 0. The second kappa shape index (κ2) is 5.19. The molecule has 3 heterocycles. The summed E-state index contributed by atoms with van der Waals surface area (Å²) < 4.78 is 5.89. The van der Waals surface area contributed by atoms with Crippen LogP contribution in [-0.4, -0.2) is 40.2 Å². The summed E-state index contributed by atoms with van der Waals surface area (Å²) in [6.07, 6.45) is 7.31. The van der Waals surface area contributed by atoms with E-state index in [2.05, 4.69) is 25.6 Å². The topological polar surface area (TPSA) is 29.5 Å². The molecule has 3 fully saturated rings. The van der Waals surface area contributed by atoms with E-state index in [9.17, 15) is 4.79 Å². The molecular weight excluding hydrogens is 258 g/mol. The maximum absolute atomic E-state index is 12.3. The molecule has 3 unspecified atom stereocenters. The van der Waals surface area contributed by atoms with Crippen molar-refractivity contribution in [2.45, 2.75) is 68.5 Å². The third-order valence-corrected chi connectivity index (χ3v) is 6.69. The summed E-state index contributed by atoms with van der Waals surface area (Å²) >= 11 is 2.12. The van der Waals surface area contributed by atoms with Gasteiger partial charge in [0.15, 0.2) is 0 Å². The highest BCUT2D eigenvalue weighted by Crippen LogP contribution is 2.53. The van der Waals surface area contributed by atoms with E-state index in [0.29, 0.717) is 11.2 Å². The average molecular weight is 283 g/mol. The number of hydrogen-bond acceptors (Lipinski definition) is 3. The van der Waals surface area contributed by atoms with Gasteiger partial charge in [-0.1, -0.05) is 0 Å². The summed E-state index contributed by atoms with van der Waals surface area (Å²) in [6, 6.07) is 0. The van der Waals surface area contributed by atoms with Gasteiger partial charge in [0, 0.05) is 29.5 Å². The molecule has 108 valence electrons. The van der Waals surface area contributed by atoms with Gasteiger partial charge in [-0.05, 0) is 52.4 Å². The van der Waals surface area contributed by atoms with Crippen molar-refractivity contribution in [3.8, 4) is 0 Å². The molecule has 3 rings (SSSR count). The molecule has 3 nitrogen and oxygen atoms in total. The number of ether oxygens (including phenoxy) is 1. The molecule has 4 heteroatoms. The van der Waals surface area contributed by atoms with Crippen LogP contribution in [-0.2, 0) is 4.74 Å². The predicted molar refractivity (Wildman–Crippen MR) is 78.5 cm³/mol. The summed E-state index contributed by atoms with van der Waals surface area (Å²) in [5.74, 6) is 0.546. The second-order valence-electron chi connectivity index (χ2n) is 6.74. The summed E-state index contributed by atoms with van der Waals surface area (Å²) in [5.41, 5.74) is -0.304. The fourth-order valence-corrected chi connectivity index (χ4v) is 5.80. The fraction of sp³-hybridized carbons (Fsp3) is 0.933. The van der Waals surface area contributed by atoms with Gasteiger partial charge < -0.3 is 9.64 Å². The summed E-state index contributed by atoms with van der Waals surface area (Å²) in [5, 5.41) is 1.54. The highest BCUT2D eigenvalue weighted by molar-refractivity contribution is 8.01. The fourth-order valence-electron chi connectivity index (χ4n) is 3.81. The molecule has 3 saturated heterocycles. The van der Waals surface area contributed by atoms with E-state index in [1.165, 1.54) is 25.7 Å². The number of amides is 1. The van der Waals surface area contributed by atoms with Crippen molar-refractivity contribution < 1.29 is 9.53 Å². The van der Waals surface area contributed by atoms with Crippen LogP contribution in [0, 0.1) is 5.92 Å². The van der Waals surface area contributed by atoms with Crippen molar-refractivity contribution in [3.63, 3.8) is 0 Å². The Bertz CT molecular complexity index is 352. The zero-order valence-electron chi connectivity index (χ0n) is 12.1. The lowest BCUT2D eigenvalue weighted by molar-refractivity contribution is -0.0305. The first-order valence-corrected chi connectivity index (χ1v) is 8.64. The van der Waals surface area contributed by atoms with Crippen LogP contribution < -0.4 is 0 Å². The van der Waals surface area contributed by atoms with E-state index in [1.807, 2.05) is 4.90 Å². The predicted octanol–water partition coefficient (Wildman–Crippen LogP) is 3.67. The molecule has 0 radical (unpaired) electrons. The van der Waals surface area contributed by atoms with Crippen molar-refractivity contribution in [1.29, 1.82) is 0 Å². The minimum atomic E-state index is -0.304. The quantitative estimate of drug-likeness (QED) is 0.774. The van der Waals surface area contributed by atoms with Gasteiger partial charge in [-0.25, -0.2) is 4.79 Å². The molecule has 3 aliphatic rings. The van der Waals surface area contributed by atoms with Crippen LogP contribution in [0.4, 0.5) is 4.79 Å². The molecule has 3 aliphatic heterocycles. The molecule has 3 atom stereocenters. The SMILES string of the molecule is CC(C)(OC(=O)N1CCCCC1)C1CC2CCC1S2. The van der Waals surface area contributed by atoms with Crippen LogP contribution in [0.15, 0.2) is 0 Å². The van der Waals surface area contributed by atoms with Crippen molar-refractivity contribution >= 4 is 17.9 Å².